The zero-order valence-corrected chi connectivity index (χ0v) is 17.7. The van der Waals surface area contributed by atoms with Crippen LogP contribution in [-0.2, 0) is 0 Å². The molecule has 0 saturated carbocycles. The summed E-state index contributed by atoms with van der Waals surface area (Å²) in [4.78, 5) is 12.3. The van der Waals surface area contributed by atoms with Crippen molar-refractivity contribution in [1.29, 1.82) is 0 Å². The number of benzene rings is 2. The second kappa shape index (κ2) is 9.23. The number of carbonyl (C=O) groups excluding carboxylic acids is 1. The second-order valence-electron chi connectivity index (χ2n) is 6.68. The van der Waals surface area contributed by atoms with Crippen LogP contribution in [0.4, 0.5) is 0 Å². The van der Waals surface area contributed by atoms with Crippen LogP contribution in [-0.4, -0.2) is 37.9 Å². The Morgan fingerprint density at radius 1 is 1.03 bits per heavy atom. The zero-order valence-electron chi connectivity index (χ0n) is 17.7. The number of carbonyl (C=O) groups is 1. The molecule has 1 heterocycles. The highest BCUT2D eigenvalue weighted by Crippen LogP contribution is 2.38. The van der Waals surface area contributed by atoms with Crippen molar-refractivity contribution in [2.75, 3.05) is 7.05 Å². The average Bonchev–Trinajstić information content (AvgIpc) is 3.14. The van der Waals surface area contributed by atoms with Crippen LogP contribution in [0, 0.1) is 6.92 Å². The molecule has 0 spiro atoms. The van der Waals surface area contributed by atoms with E-state index in [1.807, 2.05) is 58.9 Å². The maximum absolute atomic E-state index is 12.3. The van der Waals surface area contributed by atoms with Crippen molar-refractivity contribution in [1.82, 2.24) is 20.1 Å². The van der Waals surface area contributed by atoms with Crippen molar-refractivity contribution in [3.8, 4) is 28.6 Å². The summed E-state index contributed by atoms with van der Waals surface area (Å²) in [6.07, 6.45) is 0. The number of aromatic hydroxyl groups is 2. The minimum Gasteiger partial charge on any atom is -0.508 e. The molecule has 29 heavy (non-hydrogen) atoms. The topological polar surface area (TPSA) is 100 Å². The molecule has 0 aliphatic heterocycles. The van der Waals surface area contributed by atoms with Crippen LogP contribution in [0.3, 0.4) is 0 Å². The first-order chi connectivity index (χ1) is 13.8. The lowest BCUT2D eigenvalue weighted by molar-refractivity contribution is 0.0951. The number of nitrogens with one attached hydrogen (secondary N) is 1. The summed E-state index contributed by atoms with van der Waals surface area (Å²) in [5.74, 6) is -0.0535. The van der Waals surface area contributed by atoms with Crippen molar-refractivity contribution < 1.29 is 15.0 Å². The lowest BCUT2D eigenvalue weighted by Crippen LogP contribution is -2.22. The Bertz CT molecular complexity index is 992. The number of hydrogen-bond acceptors (Lipinski definition) is 5. The van der Waals surface area contributed by atoms with Crippen LogP contribution >= 0.6 is 0 Å². The molecule has 7 nitrogen and oxygen atoms in total. The molecule has 2 aromatic carbocycles. The Balaban J connectivity index is 0.00000145. The van der Waals surface area contributed by atoms with E-state index in [9.17, 15) is 15.0 Å². The number of rotatable bonds is 4. The van der Waals surface area contributed by atoms with Crippen molar-refractivity contribution in [3.05, 3.63) is 53.3 Å². The van der Waals surface area contributed by atoms with Crippen LogP contribution in [0.1, 0.15) is 55.4 Å². The van der Waals surface area contributed by atoms with E-state index in [4.69, 9.17) is 0 Å². The molecule has 1 aromatic heterocycles. The van der Waals surface area contributed by atoms with E-state index in [2.05, 4.69) is 15.5 Å². The van der Waals surface area contributed by atoms with Gasteiger partial charge in [-0.3, -0.25) is 9.36 Å². The van der Waals surface area contributed by atoms with Gasteiger partial charge in [0.1, 0.15) is 11.5 Å². The molecule has 154 valence electrons. The van der Waals surface area contributed by atoms with Gasteiger partial charge in [0.2, 0.25) is 5.82 Å². The fourth-order valence-corrected chi connectivity index (χ4v) is 2.89. The highest BCUT2D eigenvalue weighted by atomic mass is 16.3. The molecule has 0 radical (unpaired) electrons. The molecule has 0 aliphatic rings. The van der Waals surface area contributed by atoms with E-state index in [0.29, 0.717) is 22.6 Å². The Hall–Kier alpha value is -3.35. The number of aromatic nitrogens is 3. The molecule has 0 saturated heterocycles. The van der Waals surface area contributed by atoms with Crippen molar-refractivity contribution >= 4 is 5.91 Å². The monoisotopic (exact) mass is 396 g/mol. The summed E-state index contributed by atoms with van der Waals surface area (Å²) in [6.45, 7) is 9.85. The Kier molecular flexibility index (Phi) is 6.98. The molecular formula is C22H28N4O3. The van der Waals surface area contributed by atoms with Crippen LogP contribution in [0.15, 0.2) is 36.4 Å². The summed E-state index contributed by atoms with van der Waals surface area (Å²) >= 11 is 0. The number of nitrogens with zero attached hydrogens (tertiary/aromatic N) is 3. The van der Waals surface area contributed by atoms with E-state index >= 15 is 0 Å². The fourth-order valence-electron chi connectivity index (χ4n) is 2.89. The molecule has 3 N–H and O–H groups in total. The smallest absolute Gasteiger partial charge is 0.289 e. The third-order valence-corrected chi connectivity index (χ3v) is 4.39. The molecule has 1 amide bonds. The molecule has 0 aliphatic carbocycles. The molecule has 0 bridgehead atoms. The highest BCUT2D eigenvalue weighted by molar-refractivity contribution is 5.92. The standard InChI is InChI=1S/C20H22N4O3.C2H6/c1-11(2)14-9-15(17(26)10-16(14)25)18-22-23-19(20(27)21-4)24(18)13-7-5-12(3)6-8-13;1-2/h5-11,25-26H,1-4H3,(H,21,27);1-2H3. The first-order valence-corrected chi connectivity index (χ1v) is 9.64. The SMILES string of the molecule is CC.CNC(=O)c1nnc(-c2cc(C(C)C)c(O)cc2O)n1-c1ccc(C)cc1. The van der Waals surface area contributed by atoms with Crippen LogP contribution < -0.4 is 5.32 Å². The summed E-state index contributed by atoms with van der Waals surface area (Å²) in [5, 5.41) is 31.3. The van der Waals surface area contributed by atoms with Gasteiger partial charge in [-0.1, -0.05) is 45.4 Å². The molecular weight excluding hydrogens is 368 g/mol. The number of phenols is 2. The Labute approximate surface area is 171 Å². The normalized spacial score (nSPS) is 10.4. The summed E-state index contributed by atoms with van der Waals surface area (Å²) < 4.78 is 1.59. The van der Waals surface area contributed by atoms with Gasteiger partial charge in [-0.2, -0.15) is 0 Å². The van der Waals surface area contributed by atoms with Gasteiger partial charge in [-0.15, -0.1) is 10.2 Å². The van der Waals surface area contributed by atoms with E-state index in [0.717, 1.165) is 5.56 Å². The number of amides is 1. The number of phenolic OH excluding ortho intramolecular Hbond substituents is 2. The second-order valence-corrected chi connectivity index (χ2v) is 6.68. The number of aryl methyl sites for hydroxylation is 1. The lowest BCUT2D eigenvalue weighted by atomic mass is 9.98. The molecule has 3 rings (SSSR count). The van der Waals surface area contributed by atoms with E-state index in [1.165, 1.54) is 13.1 Å². The summed E-state index contributed by atoms with van der Waals surface area (Å²) in [6, 6.07) is 10.5. The van der Waals surface area contributed by atoms with Crippen LogP contribution in [0.25, 0.3) is 17.1 Å². The van der Waals surface area contributed by atoms with Gasteiger partial charge in [0.25, 0.3) is 5.91 Å². The van der Waals surface area contributed by atoms with Gasteiger partial charge >= 0.3 is 0 Å². The van der Waals surface area contributed by atoms with Crippen LogP contribution in [0.5, 0.6) is 11.5 Å². The van der Waals surface area contributed by atoms with Crippen molar-refractivity contribution in [3.63, 3.8) is 0 Å². The van der Waals surface area contributed by atoms with Gasteiger partial charge in [0.15, 0.2) is 5.82 Å². The number of hydrogen-bond donors (Lipinski definition) is 3. The van der Waals surface area contributed by atoms with Crippen LogP contribution in [0.2, 0.25) is 0 Å². The van der Waals surface area contributed by atoms with Crippen molar-refractivity contribution in [2.24, 2.45) is 0 Å². The quantitative estimate of drug-likeness (QED) is 0.615. The van der Waals surface area contributed by atoms with E-state index < -0.39 is 5.91 Å². The largest absolute Gasteiger partial charge is 0.508 e. The summed E-state index contributed by atoms with van der Waals surface area (Å²) in [7, 11) is 1.52. The highest BCUT2D eigenvalue weighted by Gasteiger charge is 2.23. The minimum atomic E-state index is -0.392. The average molecular weight is 396 g/mol. The molecule has 7 heteroatoms. The molecule has 0 fully saturated rings. The van der Waals surface area contributed by atoms with Crippen molar-refractivity contribution in [2.45, 2.75) is 40.5 Å². The lowest BCUT2D eigenvalue weighted by Gasteiger charge is -2.14. The minimum absolute atomic E-state index is 0.0131. The molecule has 0 atom stereocenters. The Morgan fingerprint density at radius 2 is 1.66 bits per heavy atom. The summed E-state index contributed by atoms with van der Waals surface area (Å²) in [5.41, 5.74) is 2.82. The first kappa shape index (κ1) is 21.9. The third-order valence-electron chi connectivity index (χ3n) is 4.39. The fraction of sp³-hybridized carbons (Fsp3) is 0.318. The predicted octanol–water partition coefficient (Wildman–Crippen LogP) is 4.16. The van der Waals surface area contributed by atoms with Gasteiger partial charge in [0.05, 0.1) is 5.56 Å². The van der Waals surface area contributed by atoms with Gasteiger partial charge in [-0.25, -0.2) is 0 Å². The maximum atomic E-state index is 12.3. The molecule has 3 aromatic rings. The Morgan fingerprint density at radius 3 is 2.21 bits per heavy atom. The van der Waals surface area contributed by atoms with E-state index in [1.54, 1.807) is 10.6 Å². The zero-order chi connectivity index (χ0) is 21.7. The maximum Gasteiger partial charge on any atom is 0.289 e. The molecule has 0 unspecified atom stereocenters. The first-order valence-electron chi connectivity index (χ1n) is 9.64. The predicted molar refractivity (Wildman–Crippen MR) is 114 cm³/mol. The van der Waals surface area contributed by atoms with Gasteiger partial charge < -0.3 is 15.5 Å². The van der Waals surface area contributed by atoms with E-state index in [-0.39, 0.29) is 23.2 Å². The van der Waals surface area contributed by atoms with Gasteiger partial charge in [0, 0.05) is 18.8 Å². The third kappa shape index (κ3) is 4.39. The van der Waals surface area contributed by atoms with Gasteiger partial charge in [-0.05, 0) is 36.6 Å².